The molecule has 2 bridgehead atoms. The van der Waals surface area contributed by atoms with E-state index in [0.717, 1.165) is 69.4 Å². The van der Waals surface area contributed by atoms with Crippen LogP contribution in [0.25, 0.3) is 11.2 Å². The van der Waals surface area contributed by atoms with Crippen LogP contribution in [0.15, 0.2) is 19.0 Å². The summed E-state index contributed by atoms with van der Waals surface area (Å²) in [7, 11) is 0. The second kappa shape index (κ2) is 14.2. The monoisotopic (exact) mass is 735 g/mol. The maximum absolute atomic E-state index is 13.7. The summed E-state index contributed by atoms with van der Waals surface area (Å²) in [5.74, 6) is 1.17. The third-order valence-corrected chi connectivity index (χ3v) is 15.6. The number of imidazole rings is 1. The number of hydrogen-bond donors (Lipinski definition) is 2. The van der Waals surface area contributed by atoms with Gasteiger partial charge in [0.1, 0.15) is 11.9 Å². The number of nitrogens with zero attached hydrogens (tertiary/aromatic N) is 6. The van der Waals surface area contributed by atoms with Gasteiger partial charge in [-0.1, -0.05) is 33.8 Å². The van der Waals surface area contributed by atoms with E-state index in [9.17, 15) is 19.5 Å². The number of rotatable bonds is 9. The van der Waals surface area contributed by atoms with E-state index in [1.54, 1.807) is 18.1 Å². The molecule has 284 valence electrons. The van der Waals surface area contributed by atoms with Crippen molar-refractivity contribution in [2.24, 2.45) is 34.0 Å². The number of anilines is 2. The van der Waals surface area contributed by atoms with Gasteiger partial charge in [0.15, 0.2) is 17.0 Å². The van der Waals surface area contributed by atoms with Gasteiger partial charge in [0.25, 0.3) is 0 Å². The number of aliphatic hydroxyl groups is 1. The predicted octanol–water partition coefficient (Wildman–Crippen LogP) is 5.03. The van der Waals surface area contributed by atoms with E-state index in [1.807, 2.05) is 22.5 Å². The lowest BCUT2D eigenvalue weighted by Gasteiger charge is -2.61. The molecule has 1 amide bonds. The first kappa shape index (κ1) is 37.1. The van der Waals surface area contributed by atoms with Gasteiger partial charge < -0.3 is 29.9 Å². The van der Waals surface area contributed by atoms with Crippen LogP contribution < -0.4 is 10.6 Å². The molecule has 4 heterocycles. The van der Waals surface area contributed by atoms with Crippen molar-refractivity contribution >= 4 is 52.4 Å². The SMILES string of the molecule is C=C[C@]1(C)C[C@@H](OC(=O)CSC2CCN(C(=O)CCn3cnc4c(N5CCCC5)nc(N)nc43)CC2)[C@]2(C)[C@H](C)CC[C@]3(CCC(=O)[C@@H]32)[C@@H](C)[C@@H]1O. The van der Waals surface area contributed by atoms with E-state index in [-0.39, 0.29) is 57.8 Å². The highest BCUT2D eigenvalue weighted by atomic mass is 32.2. The Balaban J connectivity index is 0.944. The van der Waals surface area contributed by atoms with Crippen LogP contribution in [0.5, 0.6) is 0 Å². The molecule has 2 saturated heterocycles. The van der Waals surface area contributed by atoms with Crippen LogP contribution in [0.2, 0.25) is 0 Å². The van der Waals surface area contributed by atoms with Crippen molar-refractivity contribution in [2.45, 2.75) is 116 Å². The van der Waals surface area contributed by atoms with Crippen molar-refractivity contribution in [1.82, 2.24) is 24.4 Å². The number of aliphatic hydroxyl groups excluding tert-OH is 1. The first-order valence-corrected chi connectivity index (χ1v) is 20.5. The largest absolute Gasteiger partial charge is 0.461 e. The minimum Gasteiger partial charge on any atom is -0.461 e. The highest BCUT2D eigenvalue weighted by Crippen LogP contribution is 2.68. The summed E-state index contributed by atoms with van der Waals surface area (Å²) in [6, 6.07) is 0. The summed E-state index contributed by atoms with van der Waals surface area (Å²) >= 11 is 1.60. The van der Waals surface area contributed by atoms with Crippen molar-refractivity contribution in [2.75, 3.05) is 42.6 Å². The molecule has 5 fully saturated rings. The summed E-state index contributed by atoms with van der Waals surface area (Å²) in [6.45, 7) is 16.2. The molecule has 52 heavy (non-hydrogen) atoms. The maximum atomic E-state index is 13.7. The average molecular weight is 736 g/mol. The first-order chi connectivity index (χ1) is 24.8. The number of ketones is 1. The maximum Gasteiger partial charge on any atom is 0.316 e. The minimum absolute atomic E-state index is 0.0590. The number of aryl methyl sites for hydroxylation is 1. The summed E-state index contributed by atoms with van der Waals surface area (Å²) in [5, 5.41) is 12.0. The number of nitrogens with two attached hydrogens (primary N) is 1. The molecule has 12 nitrogen and oxygen atoms in total. The Morgan fingerprint density at radius 3 is 2.56 bits per heavy atom. The van der Waals surface area contributed by atoms with Gasteiger partial charge >= 0.3 is 5.97 Å². The van der Waals surface area contributed by atoms with Gasteiger partial charge in [-0.3, -0.25) is 14.4 Å². The normalized spacial score (nSPS) is 35.3. The van der Waals surface area contributed by atoms with E-state index in [2.05, 4.69) is 47.2 Å². The lowest BCUT2D eigenvalue weighted by molar-refractivity contribution is -0.205. The molecule has 8 atom stereocenters. The van der Waals surface area contributed by atoms with Crippen LogP contribution in [0, 0.1) is 34.0 Å². The summed E-state index contributed by atoms with van der Waals surface area (Å²) < 4.78 is 8.34. The number of likely N-dealkylation sites (tertiary alicyclic amines) is 1. The standard InChI is InChI=1S/C39H57N7O5S/c1-6-37(4)21-28(38(5)24(2)9-14-39(25(3)33(37)50)15-10-27(47)32(38)39)51-30(49)22-52-26-11-18-44(19-12-26)29(48)13-20-46-23-41-31-34(45-16-7-8-17-45)42-36(40)43-35(31)46/h6,23-26,28,32-33,50H,1,7-22H2,2-5H3,(H2,40,42,43)/t24-,25+,28-,32-,33+,37-,38+,39+/m1/s1. The lowest BCUT2D eigenvalue weighted by atomic mass is 9.44. The highest BCUT2D eigenvalue weighted by molar-refractivity contribution is 8.00. The molecule has 3 N–H and O–H groups in total. The molecule has 7 rings (SSSR count). The Bertz CT molecular complexity index is 1700. The van der Waals surface area contributed by atoms with Crippen LogP contribution in [-0.4, -0.2) is 96.6 Å². The third kappa shape index (κ3) is 6.31. The number of piperidine rings is 1. The minimum atomic E-state index is -0.681. The Hall–Kier alpha value is -3.19. The number of fused-ring (bicyclic) bond motifs is 1. The van der Waals surface area contributed by atoms with Crippen LogP contribution in [0.1, 0.15) is 91.9 Å². The van der Waals surface area contributed by atoms with Crippen molar-refractivity contribution in [3.8, 4) is 0 Å². The fraction of sp³-hybridized carbons (Fsp3) is 0.744. The zero-order valence-electron chi connectivity index (χ0n) is 31.4. The molecule has 2 aromatic rings. The molecule has 2 aromatic heterocycles. The molecule has 0 unspecified atom stereocenters. The lowest BCUT2D eigenvalue weighted by Crippen LogP contribution is -2.63. The quantitative estimate of drug-likeness (QED) is 0.263. The number of esters is 1. The van der Waals surface area contributed by atoms with E-state index in [4.69, 9.17) is 10.5 Å². The molecule has 5 aliphatic rings. The number of Topliss-reactive ketones (excluding diaryl/α,β-unsaturated/α-hetero) is 1. The summed E-state index contributed by atoms with van der Waals surface area (Å²) in [6.07, 6.45) is 10.1. The van der Waals surface area contributed by atoms with Gasteiger partial charge in [-0.2, -0.15) is 9.97 Å². The van der Waals surface area contributed by atoms with Crippen LogP contribution in [0.3, 0.4) is 0 Å². The van der Waals surface area contributed by atoms with Crippen LogP contribution in [-0.2, 0) is 25.7 Å². The highest BCUT2D eigenvalue weighted by Gasteiger charge is 2.68. The Labute approximate surface area is 311 Å². The Morgan fingerprint density at radius 1 is 1.12 bits per heavy atom. The van der Waals surface area contributed by atoms with E-state index in [0.29, 0.717) is 44.5 Å². The zero-order valence-corrected chi connectivity index (χ0v) is 32.2. The van der Waals surface area contributed by atoms with Gasteiger partial charge in [-0.15, -0.1) is 18.3 Å². The van der Waals surface area contributed by atoms with Gasteiger partial charge in [0.2, 0.25) is 11.9 Å². The van der Waals surface area contributed by atoms with Gasteiger partial charge in [0, 0.05) is 67.6 Å². The average Bonchev–Trinajstić information content (AvgIpc) is 3.90. The second-order valence-corrected chi connectivity index (χ2v) is 18.2. The first-order valence-electron chi connectivity index (χ1n) is 19.5. The number of amides is 1. The third-order valence-electron chi connectivity index (χ3n) is 14.2. The second-order valence-electron chi connectivity index (χ2n) is 16.9. The van der Waals surface area contributed by atoms with Crippen molar-refractivity contribution in [3.63, 3.8) is 0 Å². The summed E-state index contributed by atoms with van der Waals surface area (Å²) in [4.78, 5) is 58.2. The summed E-state index contributed by atoms with van der Waals surface area (Å²) in [5.41, 5.74) is 5.98. The fourth-order valence-electron chi connectivity index (χ4n) is 10.8. The molecule has 13 heteroatoms. The number of hydrogen-bond acceptors (Lipinski definition) is 11. The number of nitrogen functional groups attached to an aromatic ring is 1. The fourth-order valence-corrected chi connectivity index (χ4v) is 11.8. The molecule has 3 saturated carbocycles. The van der Waals surface area contributed by atoms with Crippen molar-refractivity contribution in [3.05, 3.63) is 19.0 Å². The number of carbonyl (C=O) groups is 3. The molecule has 2 aliphatic heterocycles. The molecular formula is C39H57N7O5S. The van der Waals surface area contributed by atoms with Gasteiger partial charge in [-0.05, 0) is 68.6 Å². The van der Waals surface area contributed by atoms with Gasteiger partial charge in [0.05, 0.1) is 18.2 Å². The van der Waals surface area contributed by atoms with Crippen molar-refractivity contribution < 1.29 is 24.2 Å². The van der Waals surface area contributed by atoms with Gasteiger partial charge in [-0.25, -0.2) is 4.98 Å². The molecular weight excluding hydrogens is 679 g/mol. The van der Waals surface area contributed by atoms with Crippen molar-refractivity contribution in [1.29, 1.82) is 0 Å². The van der Waals surface area contributed by atoms with E-state index >= 15 is 0 Å². The van der Waals surface area contributed by atoms with Crippen LogP contribution in [0.4, 0.5) is 11.8 Å². The molecule has 0 aromatic carbocycles. The predicted molar refractivity (Wildman–Crippen MR) is 203 cm³/mol. The topological polar surface area (TPSA) is 157 Å². The van der Waals surface area contributed by atoms with E-state index in [1.165, 1.54) is 0 Å². The smallest absolute Gasteiger partial charge is 0.316 e. The zero-order chi connectivity index (χ0) is 37.0. The molecule has 3 aliphatic carbocycles. The number of aromatic nitrogens is 4. The van der Waals surface area contributed by atoms with Crippen LogP contribution >= 0.6 is 11.8 Å². The Morgan fingerprint density at radius 2 is 1.85 bits per heavy atom. The number of thioether (sulfide) groups is 1. The Kier molecular flexibility index (Phi) is 10.2. The molecule has 0 spiro atoms. The number of ether oxygens (including phenoxy) is 1. The van der Waals surface area contributed by atoms with E-state index < -0.39 is 23.0 Å². The molecule has 0 radical (unpaired) electrons. The number of carbonyl (C=O) groups excluding carboxylic acids is 3.